The lowest BCUT2D eigenvalue weighted by Crippen LogP contribution is -2.15. The van der Waals surface area contributed by atoms with Gasteiger partial charge in [-0.3, -0.25) is 0 Å². The van der Waals surface area contributed by atoms with E-state index in [0.29, 0.717) is 0 Å². The number of anilines is 1. The molecule has 1 aromatic rings. The zero-order valence-corrected chi connectivity index (χ0v) is 6.88. The molecule has 0 fully saturated rings. The van der Waals surface area contributed by atoms with Crippen LogP contribution in [0, 0.1) is 0 Å². The highest BCUT2D eigenvalue weighted by Crippen LogP contribution is 2.23. The van der Waals surface area contributed by atoms with Gasteiger partial charge in [-0.1, -0.05) is 0 Å². The summed E-state index contributed by atoms with van der Waals surface area (Å²) in [5.41, 5.74) is 4.96. The second kappa shape index (κ2) is 3.06. The number of rotatable bonds is 1. The van der Waals surface area contributed by atoms with Gasteiger partial charge in [0.2, 0.25) is 0 Å². The molecule has 0 spiro atoms. The van der Waals surface area contributed by atoms with Crippen LogP contribution in [-0.2, 0) is 12.8 Å². The monoisotopic (exact) mass is 164 g/mol. The first kappa shape index (κ1) is 7.49. The standard InChI is InChI=1S/C8H12N4/c9-12-8-6-3-1-2-4-7(6)10-5-11-8/h5H,1-4,9H2,(H,10,11,12). The molecule has 12 heavy (non-hydrogen) atoms. The fourth-order valence-electron chi connectivity index (χ4n) is 1.65. The molecule has 4 heteroatoms. The van der Waals surface area contributed by atoms with Gasteiger partial charge in [0, 0.05) is 11.3 Å². The van der Waals surface area contributed by atoms with Crippen molar-refractivity contribution in [3.05, 3.63) is 17.6 Å². The minimum absolute atomic E-state index is 0.791. The number of nitrogens with zero attached hydrogens (tertiary/aromatic N) is 2. The van der Waals surface area contributed by atoms with Gasteiger partial charge in [-0.15, -0.1) is 0 Å². The molecule has 0 aliphatic heterocycles. The highest BCUT2D eigenvalue weighted by atomic mass is 15.3. The van der Waals surface area contributed by atoms with Crippen molar-refractivity contribution in [3.8, 4) is 0 Å². The molecule has 1 aliphatic rings. The largest absolute Gasteiger partial charge is 0.308 e. The quantitative estimate of drug-likeness (QED) is 0.472. The zero-order valence-electron chi connectivity index (χ0n) is 6.88. The van der Waals surface area contributed by atoms with Gasteiger partial charge >= 0.3 is 0 Å². The topological polar surface area (TPSA) is 63.8 Å². The maximum atomic E-state index is 5.33. The smallest absolute Gasteiger partial charge is 0.146 e. The predicted octanol–water partition coefficient (Wildman–Crippen LogP) is 0.641. The Balaban J connectivity index is 2.44. The van der Waals surface area contributed by atoms with E-state index in [1.165, 1.54) is 18.4 Å². The SMILES string of the molecule is NNc1ncnc2c1CCCC2. The van der Waals surface area contributed by atoms with Gasteiger partial charge in [-0.25, -0.2) is 15.8 Å². The third-order valence-electron chi connectivity index (χ3n) is 2.26. The van der Waals surface area contributed by atoms with Gasteiger partial charge in [0.25, 0.3) is 0 Å². The van der Waals surface area contributed by atoms with E-state index in [2.05, 4.69) is 15.4 Å². The number of hydrogen-bond donors (Lipinski definition) is 2. The summed E-state index contributed by atoms with van der Waals surface area (Å²) in [7, 11) is 0. The van der Waals surface area contributed by atoms with Crippen molar-refractivity contribution in [3.63, 3.8) is 0 Å². The first-order valence-electron chi connectivity index (χ1n) is 4.21. The molecule has 0 bridgehead atoms. The van der Waals surface area contributed by atoms with Crippen LogP contribution in [0.3, 0.4) is 0 Å². The van der Waals surface area contributed by atoms with E-state index in [-0.39, 0.29) is 0 Å². The van der Waals surface area contributed by atoms with E-state index < -0.39 is 0 Å². The average Bonchev–Trinajstić information content (AvgIpc) is 2.17. The highest BCUT2D eigenvalue weighted by Gasteiger charge is 2.13. The van der Waals surface area contributed by atoms with Crippen LogP contribution in [0.25, 0.3) is 0 Å². The van der Waals surface area contributed by atoms with Crippen molar-refractivity contribution in [2.45, 2.75) is 25.7 Å². The Morgan fingerprint density at radius 3 is 2.92 bits per heavy atom. The van der Waals surface area contributed by atoms with Crippen molar-refractivity contribution in [2.75, 3.05) is 5.43 Å². The fourth-order valence-corrected chi connectivity index (χ4v) is 1.65. The Hall–Kier alpha value is -1.16. The molecule has 1 aromatic heterocycles. The van der Waals surface area contributed by atoms with E-state index in [0.717, 1.165) is 24.4 Å². The summed E-state index contributed by atoms with van der Waals surface area (Å²) in [6.45, 7) is 0. The molecule has 0 aromatic carbocycles. The lowest BCUT2D eigenvalue weighted by Gasteiger charge is -2.16. The van der Waals surface area contributed by atoms with E-state index in [9.17, 15) is 0 Å². The van der Waals surface area contributed by atoms with Gasteiger partial charge in [-0.2, -0.15) is 0 Å². The van der Waals surface area contributed by atoms with E-state index in [4.69, 9.17) is 5.84 Å². The average molecular weight is 164 g/mol. The third-order valence-corrected chi connectivity index (χ3v) is 2.26. The number of aromatic nitrogens is 2. The Labute approximate surface area is 71.2 Å². The van der Waals surface area contributed by atoms with Gasteiger partial charge in [-0.05, 0) is 25.7 Å². The molecule has 0 saturated carbocycles. The molecule has 1 heterocycles. The van der Waals surface area contributed by atoms with Crippen molar-refractivity contribution in [1.82, 2.24) is 9.97 Å². The van der Waals surface area contributed by atoms with Crippen LogP contribution >= 0.6 is 0 Å². The van der Waals surface area contributed by atoms with Crippen LogP contribution < -0.4 is 11.3 Å². The molecule has 3 N–H and O–H groups in total. The predicted molar refractivity (Wildman–Crippen MR) is 46.5 cm³/mol. The maximum Gasteiger partial charge on any atom is 0.146 e. The lowest BCUT2D eigenvalue weighted by atomic mass is 9.97. The molecule has 0 radical (unpaired) electrons. The van der Waals surface area contributed by atoms with E-state index >= 15 is 0 Å². The number of fused-ring (bicyclic) bond motifs is 1. The van der Waals surface area contributed by atoms with Gasteiger partial charge in [0.05, 0.1) is 0 Å². The summed E-state index contributed by atoms with van der Waals surface area (Å²) in [6, 6.07) is 0. The van der Waals surface area contributed by atoms with Crippen molar-refractivity contribution in [2.24, 2.45) is 5.84 Å². The van der Waals surface area contributed by atoms with Crippen LogP contribution in [0.5, 0.6) is 0 Å². The zero-order chi connectivity index (χ0) is 8.39. The molecule has 0 saturated heterocycles. The van der Waals surface area contributed by atoms with E-state index in [1.807, 2.05) is 0 Å². The number of aryl methyl sites for hydroxylation is 1. The number of nitrogen functional groups attached to an aromatic ring is 1. The summed E-state index contributed by atoms with van der Waals surface area (Å²) >= 11 is 0. The maximum absolute atomic E-state index is 5.33. The Morgan fingerprint density at radius 1 is 1.25 bits per heavy atom. The Bertz CT molecular complexity index is 270. The molecular formula is C8H12N4. The molecular weight excluding hydrogens is 152 g/mol. The second-order valence-electron chi connectivity index (χ2n) is 3.00. The fraction of sp³-hybridized carbons (Fsp3) is 0.500. The Morgan fingerprint density at radius 2 is 2.08 bits per heavy atom. The molecule has 1 aliphatic carbocycles. The van der Waals surface area contributed by atoms with Crippen molar-refractivity contribution in [1.29, 1.82) is 0 Å². The van der Waals surface area contributed by atoms with Gasteiger partial charge in [0.1, 0.15) is 12.1 Å². The molecule has 0 amide bonds. The number of nitrogens with two attached hydrogens (primary N) is 1. The van der Waals surface area contributed by atoms with Crippen molar-refractivity contribution < 1.29 is 0 Å². The summed E-state index contributed by atoms with van der Waals surface area (Å²) < 4.78 is 0. The first-order chi connectivity index (χ1) is 5.92. The number of hydrogen-bond acceptors (Lipinski definition) is 4. The van der Waals surface area contributed by atoms with Gasteiger partial charge < -0.3 is 5.43 Å². The summed E-state index contributed by atoms with van der Waals surface area (Å²) in [6.07, 6.45) is 6.13. The number of hydrazine groups is 1. The minimum Gasteiger partial charge on any atom is -0.308 e. The van der Waals surface area contributed by atoms with Crippen LogP contribution in [0.15, 0.2) is 6.33 Å². The lowest BCUT2D eigenvalue weighted by molar-refractivity contribution is 0.663. The second-order valence-corrected chi connectivity index (χ2v) is 3.00. The normalized spacial score (nSPS) is 15.4. The molecule has 4 nitrogen and oxygen atoms in total. The Kier molecular flexibility index (Phi) is 1.91. The molecule has 0 unspecified atom stereocenters. The summed E-state index contributed by atoms with van der Waals surface area (Å²) in [4.78, 5) is 8.28. The third kappa shape index (κ3) is 1.14. The van der Waals surface area contributed by atoms with Crippen LogP contribution in [0.1, 0.15) is 24.1 Å². The van der Waals surface area contributed by atoms with Crippen molar-refractivity contribution >= 4 is 5.82 Å². The molecule has 0 atom stereocenters. The highest BCUT2D eigenvalue weighted by molar-refractivity contribution is 5.45. The van der Waals surface area contributed by atoms with Crippen LogP contribution in [-0.4, -0.2) is 9.97 Å². The summed E-state index contributed by atoms with van der Waals surface area (Å²) in [5.74, 6) is 6.13. The molecule has 2 rings (SSSR count). The van der Waals surface area contributed by atoms with Crippen LogP contribution in [0.4, 0.5) is 5.82 Å². The summed E-state index contributed by atoms with van der Waals surface area (Å²) in [5, 5.41) is 0. The van der Waals surface area contributed by atoms with E-state index in [1.54, 1.807) is 6.33 Å². The number of nitrogens with one attached hydrogen (secondary N) is 1. The molecule has 64 valence electrons. The van der Waals surface area contributed by atoms with Gasteiger partial charge in [0.15, 0.2) is 0 Å². The first-order valence-corrected chi connectivity index (χ1v) is 4.21. The van der Waals surface area contributed by atoms with Crippen LogP contribution in [0.2, 0.25) is 0 Å². The minimum atomic E-state index is 0.791.